The standard InChI is InChI=1S/C13H14ClFO3/c1-7(2)11(13(17)18-3)12(16)9-5-4-8(15)6-10(9)14/h4-7,11H,1-3H3. The summed E-state index contributed by atoms with van der Waals surface area (Å²) in [6, 6.07) is 3.45. The van der Waals surface area contributed by atoms with Crippen molar-refractivity contribution in [3.63, 3.8) is 0 Å². The molecule has 0 aromatic heterocycles. The fourth-order valence-electron chi connectivity index (χ4n) is 1.67. The number of benzene rings is 1. The number of halogens is 2. The van der Waals surface area contributed by atoms with E-state index >= 15 is 0 Å². The Hall–Kier alpha value is -1.42. The number of esters is 1. The molecule has 1 unspecified atom stereocenters. The molecule has 0 radical (unpaired) electrons. The summed E-state index contributed by atoms with van der Waals surface area (Å²) in [5, 5.41) is -0.00504. The van der Waals surface area contributed by atoms with Gasteiger partial charge in [0.2, 0.25) is 0 Å². The first-order chi connectivity index (χ1) is 8.38. The van der Waals surface area contributed by atoms with E-state index in [-0.39, 0.29) is 16.5 Å². The van der Waals surface area contributed by atoms with Crippen LogP contribution in [0.15, 0.2) is 18.2 Å². The molecule has 0 amide bonds. The average Bonchev–Trinajstić information content (AvgIpc) is 2.28. The van der Waals surface area contributed by atoms with Gasteiger partial charge in [-0.15, -0.1) is 0 Å². The van der Waals surface area contributed by atoms with Crippen LogP contribution in [0.2, 0.25) is 5.02 Å². The molecule has 1 rings (SSSR count). The van der Waals surface area contributed by atoms with E-state index in [1.54, 1.807) is 13.8 Å². The van der Waals surface area contributed by atoms with Gasteiger partial charge in [-0.1, -0.05) is 25.4 Å². The van der Waals surface area contributed by atoms with Gasteiger partial charge in [0.15, 0.2) is 5.78 Å². The average molecular weight is 273 g/mol. The van der Waals surface area contributed by atoms with Crippen molar-refractivity contribution in [3.8, 4) is 0 Å². The van der Waals surface area contributed by atoms with Crippen molar-refractivity contribution >= 4 is 23.4 Å². The predicted molar refractivity (Wildman–Crippen MR) is 66.1 cm³/mol. The topological polar surface area (TPSA) is 43.4 Å². The number of ketones is 1. The Morgan fingerprint density at radius 3 is 2.39 bits per heavy atom. The van der Waals surface area contributed by atoms with Gasteiger partial charge in [0.25, 0.3) is 0 Å². The largest absolute Gasteiger partial charge is 0.468 e. The van der Waals surface area contributed by atoms with Gasteiger partial charge in [-0.05, 0) is 24.1 Å². The molecule has 1 atom stereocenters. The van der Waals surface area contributed by atoms with Crippen LogP contribution >= 0.6 is 11.6 Å². The second kappa shape index (κ2) is 5.96. The summed E-state index contributed by atoms with van der Waals surface area (Å²) in [5.74, 6) is -2.77. The van der Waals surface area contributed by atoms with Gasteiger partial charge in [0.1, 0.15) is 11.7 Å². The Morgan fingerprint density at radius 2 is 1.94 bits per heavy atom. The van der Waals surface area contributed by atoms with Gasteiger partial charge in [-0.3, -0.25) is 9.59 Å². The van der Waals surface area contributed by atoms with Gasteiger partial charge in [0, 0.05) is 5.56 Å². The summed E-state index contributed by atoms with van der Waals surface area (Å²) < 4.78 is 17.5. The quantitative estimate of drug-likeness (QED) is 0.480. The molecule has 0 aliphatic heterocycles. The number of rotatable bonds is 4. The van der Waals surface area contributed by atoms with E-state index in [2.05, 4.69) is 4.74 Å². The maximum atomic E-state index is 12.9. The highest BCUT2D eigenvalue weighted by Gasteiger charge is 2.32. The Bertz CT molecular complexity index is 471. The second-order valence-corrected chi connectivity index (χ2v) is 4.64. The fraction of sp³-hybridized carbons (Fsp3) is 0.385. The summed E-state index contributed by atoms with van der Waals surface area (Å²) in [4.78, 5) is 23.8. The third kappa shape index (κ3) is 3.07. The maximum absolute atomic E-state index is 12.9. The highest BCUT2D eigenvalue weighted by molar-refractivity contribution is 6.34. The minimum Gasteiger partial charge on any atom is -0.468 e. The van der Waals surface area contributed by atoms with Gasteiger partial charge in [-0.2, -0.15) is 0 Å². The molecule has 0 N–H and O–H groups in total. The Morgan fingerprint density at radius 1 is 1.33 bits per heavy atom. The van der Waals surface area contributed by atoms with Gasteiger partial charge in [0.05, 0.1) is 12.1 Å². The summed E-state index contributed by atoms with van der Waals surface area (Å²) in [7, 11) is 1.22. The van der Waals surface area contributed by atoms with Crippen LogP contribution in [0.4, 0.5) is 4.39 Å². The molecule has 0 aliphatic rings. The number of carbonyl (C=O) groups is 2. The Kier molecular flexibility index (Phi) is 4.84. The van der Waals surface area contributed by atoms with Crippen molar-refractivity contribution in [3.05, 3.63) is 34.6 Å². The molecule has 1 aromatic carbocycles. The number of hydrogen-bond acceptors (Lipinski definition) is 3. The normalized spacial score (nSPS) is 12.3. The third-order valence-corrected chi connectivity index (χ3v) is 2.91. The van der Waals surface area contributed by atoms with E-state index in [9.17, 15) is 14.0 Å². The predicted octanol–water partition coefficient (Wildman–Crippen LogP) is 3.11. The van der Waals surface area contributed by atoms with Crippen molar-refractivity contribution in [2.45, 2.75) is 13.8 Å². The maximum Gasteiger partial charge on any atom is 0.316 e. The first kappa shape index (κ1) is 14.6. The molecule has 1 aromatic rings. The van der Waals surface area contributed by atoms with Gasteiger partial charge >= 0.3 is 5.97 Å². The van der Waals surface area contributed by atoms with E-state index < -0.39 is 23.5 Å². The van der Waals surface area contributed by atoms with Crippen LogP contribution in [0, 0.1) is 17.7 Å². The van der Waals surface area contributed by atoms with Gasteiger partial charge in [-0.25, -0.2) is 4.39 Å². The lowest BCUT2D eigenvalue weighted by Crippen LogP contribution is -2.30. The van der Waals surface area contributed by atoms with Crippen LogP contribution < -0.4 is 0 Å². The molecule has 0 saturated heterocycles. The van der Waals surface area contributed by atoms with Crippen LogP contribution in [0.1, 0.15) is 24.2 Å². The van der Waals surface area contributed by atoms with Crippen molar-refractivity contribution in [1.29, 1.82) is 0 Å². The third-order valence-electron chi connectivity index (χ3n) is 2.60. The number of hydrogen-bond donors (Lipinski definition) is 0. The lowest BCUT2D eigenvalue weighted by molar-refractivity contribution is -0.144. The van der Waals surface area contributed by atoms with Gasteiger partial charge < -0.3 is 4.74 Å². The van der Waals surface area contributed by atoms with Crippen molar-refractivity contribution in [1.82, 2.24) is 0 Å². The molecule has 0 bridgehead atoms. The first-order valence-electron chi connectivity index (χ1n) is 5.45. The zero-order valence-corrected chi connectivity index (χ0v) is 11.1. The molecule has 0 heterocycles. The lowest BCUT2D eigenvalue weighted by Gasteiger charge is -2.17. The highest BCUT2D eigenvalue weighted by Crippen LogP contribution is 2.24. The summed E-state index contributed by atoms with van der Waals surface area (Å²) in [5.41, 5.74) is 0.127. The monoisotopic (exact) mass is 272 g/mol. The minimum atomic E-state index is -0.932. The number of carbonyl (C=O) groups excluding carboxylic acids is 2. The molecule has 0 aliphatic carbocycles. The molecule has 0 saturated carbocycles. The van der Waals surface area contributed by atoms with Crippen LogP contribution in [-0.4, -0.2) is 18.9 Å². The minimum absolute atomic E-state index is 0.00504. The molecular formula is C13H14ClFO3. The van der Waals surface area contributed by atoms with E-state index in [1.165, 1.54) is 13.2 Å². The molecule has 0 spiro atoms. The molecule has 3 nitrogen and oxygen atoms in total. The van der Waals surface area contributed by atoms with Crippen molar-refractivity contribution < 1.29 is 18.7 Å². The van der Waals surface area contributed by atoms with Crippen LogP contribution in [0.3, 0.4) is 0 Å². The van der Waals surface area contributed by atoms with Crippen molar-refractivity contribution in [2.75, 3.05) is 7.11 Å². The summed E-state index contributed by atoms with van der Waals surface area (Å²) in [6.07, 6.45) is 0. The van der Waals surface area contributed by atoms with E-state index in [0.29, 0.717) is 0 Å². The van der Waals surface area contributed by atoms with E-state index in [4.69, 9.17) is 11.6 Å². The fourth-order valence-corrected chi connectivity index (χ4v) is 1.93. The van der Waals surface area contributed by atoms with Crippen LogP contribution in [-0.2, 0) is 9.53 Å². The SMILES string of the molecule is COC(=O)C(C(=O)c1ccc(F)cc1Cl)C(C)C. The smallest absolute Gasteiger partial charge is 0.316 e. The first-order valence-corrected chi connectivity index (χ1v) is 5.83. The number of methoxy groups -OCH3 is 1. The number of Topliss-reactive ketones (excluding diaryl/α,β-unsaturated/α-hetero) is 1. The second-order valence-electron chi connectivity index (χ2n) is 4.23. The van der Waals surface area contributed by atoms with E-state index in [0.717, 1.165) is 12.1 Å². The molecule has 98 valence electrons. The molecule has 0 fully saturated rings. The zero-order chi connectivity index (χ0) is 13.9. The van der Waals surface area contributed by atoms with E-state index in [1.807, 2.05) is 0 Å². The highest BCUT2D eigenvalue weighted by atomic mass is 35.5. The Balaban J connectivity index is 3.14. The molecular weight excluding hydrogens is 259 g/mol. The van der Waals surface area contributed by atoms with Crippen molar-refractivity contribution in [2.24, 2.45) is 11.8 Å². The number of ether oxygens (including phenoxy) is 1. The summed E-state index contributed by atoms with van der Waals surface area (Å²) >= 11 is 5.81. The van der Waals surface area contributed by atoms with Crippen LogP contribution in [0.5, 0.6) is 0 Å². The lowest BCUT2D eigenvalue weighted by atomic mass is 9.88. The van der Waals surface area contributed by atoms with Crippen LogP contribution in [0.25, 0.3) is 0 Å². The Labute approximate surface area is 110 Å². The summed E-state index contributed by atoms with van der Waals surface area (Å²) in [6.45, 7) is 3.47. The molecule has 18 heavy (non-hydrogen) atoms. The zero-order valence-electron chi connectivity index (χ0n) is 10.4. The molecule has 5 heteroatoms.